The molecule has 1 atom stereocenters. The lowest BCUT2D eigenvalue weighted by Crippen LogP contribution is -2.31. The largest absolute Gasteiger partial charge is 0.363 e. The minimum absolute atomic E-state index is 0.0937. The lowest BCUT2D eigenvalue weighted by atomic mass is 9.88. The maximum Gasteiger partial charge on any atom is 0.253 e. The van der Waals surface area contributed by atoms with E-state index in [0.717, 1.165) is 42.6 Å². The van der Waals surface area contributed by atoms with Crippen LogP contribution in [0.15, 0.2) is 71.2 Å². The van der Waals surface area contributed by atoms with Crippen LogP contribution in [0.3, 0.4) is 0 Å². The highest BCUT2D eigenvalue weighted by Crippen LogP contribution is 2.43. The van der Waals surface area contributed by atoms with Gasteiger partial charge < -0.3 is 15.2 Å². The molecule has 4 aromatic rings. The minimum atomic E-state index is -0.736. The van der Waals surface area contributed by atoms with Gasteiger partial charge in [-0.1, -0.05) is 42.0 Å². The summed E-state index contributed by atoms with van der Waals surface area (Å²) >= 11 is 0. The van der Waals surface area contributed by atoms with E-state index in [1.807, 2.05) is 12.1 Å². The maximum atomic E-state index is 13.8. The van der Waals surface area contributed by atoms with Crippen LogP contribution in [0.2, 0.25) is 0 Å². The van der Waals surface area contributed by atoms with Crippen molar-refractivity contribution in [3.8, 4) is 0 Å². The number of aryl methyl sites for hydroxylation is 1. The van der Waals surface area contributed by atoms with Crippen molar-refractivity contribution in [2.45, 2.75) is 51.1 Å². The number of hydrogen-bond donors (Lipinski definition) is 2. The molecule has 8 heteroatoms. The fourth-order valence-corrected chi connectivity index (χ4v) is 5.68. The Hall–Kier alpha value is -3.91. The Labute approximate surface area is 232 Å². The second kappa shape index (κ2) is 10.6. The molecule has 40 heavy (non-hydrogen) atoms. The first-order valence-electron chi connectivity index (χ1n) is 13.9. The second-order valence-electron chi connectivity index (χ2n) is 11.0. The third-order valence-electron chi connectivity index (χ3n) is 8.18. The second-order valence-corrected chi connectivity index (χ2v) is 11.0. The van der Waals surface area contributed by atoms with Crippen molar-refractivity contribution in [2.75, 3.05) is 25.1 Å². The summed E-state index contributed by atoms with van der Waals surface area (Å²) in [6.45, 7) is 5.16. The zero-order chi connectivity index (χ0) is 27.9. The van der Waals surface area contributed by atoms with Crippen molar-refractivity contribution in [3.63, 3.8) is 0 Å². The van der Waals surface area contributed by atoms with Crippen LogP contribution in [-0.4, -0.2) is 34.3 Å². The Morgan fingerprint density at radius 1 is 1.05 bits per heavy atom. The van der Waals surface area contributed by atoms with E-state index in [-0.39, 0.29) is 17.4 Å². The Morgan fingerprint density at radius 2 is 1.70 bits per heavy atom. The first-order chi connectivity index (χ1) is 19.4. The molecule has 0 spiro atoms. The molecule has 2 fully saturated rings. The van der Waals surface area contributed by atoms with Gasteiger partial charge in [0.25, 0.3) is 5.56 Å². The van der Waals surface area contributed by atoms with E-state index >= 15 is 0 Å². The van der Waals surface area contributed by atoms with E-state index in [9.17, 15) is 13.6 Å². The summed E-state index contributed by atoms with van der Waals surface area (Å²) < 4.78 is 29.0. The van der Waals surface area contributed by atoms with Gasteiger partial charge in [-0.15, -0.1) is 0 Å². The van der Waals surface area contributed by atoms with Crippen molar-refractivity contribution in [3.05, 3.63) is 105 Å². The van der Waals surface area contributed by atoms with Gasteiger partial charge in [0.1, 0.15) is 24.1 Å². The monoisotopic (exact) mass is 541 g/mol. The van der Waals surface area contributed by atoms with E-state index in [1.54, 1.807) is 13.1 Å². The van der Waals surface area contributed by atoms with Crippen LogP contribution < -0.4 is 16.2 Å². The van der Waals surface area contributed by atoms with Gasteiger partial charge in [0.15, 0.2) is 0 Å². The van der Waals surface area contributed by atoms with Gasteiger partial charge in [-0.25, -0.2) is 18.7 Å². The Kier molecular flexibility index (Phi) is 6.96. The predicted molar refractivity (Wildman–Crippen MR) is 155 cm³/mol. The molecular weight excluding hydrogens is 508 g/mol. The highest BCUT2D eigenvalue weighted by molar-refractivity contribution is 5.88. The summed E-state index contributed by atoms with van der Waals surface area (Å²) in [6.07, 6.45) is 4.93. The number of rotatable bonds is 7. The van der Waals surface area contributed by atoms with Gasteiger partial charge in [-0.05, 0) is 87.0 Å². The van der Waals surface area contributed by atoms with Crippen molar-refractivity contribution in [1.29, 1.82) is 0 Å². The quantitative estimate of drug-likeness (QED) is 0.298. The van der Waals surface area contributed by atoms with Gasteiger partial charge in [-0.3, -0.25) is 4.79 Å². The summed E-state index contributed by atoms with van der Waals surface area (Å²) in [4.78, 5) is 21.9. The zero-order valence-electron chi connectivity index (χ0n) is 22.8. The molecule has 1 saturated carbocycles. The summed E-state index contributed by atoms with van der Waals surface area (Å²) in [6, 6.07) is 16.6. The van der Waals surface area contributed by atoms with Crippen molar-refractivity contribution < 1.29 is 8.78 Å². The summed E-state index contributed by atoms with van der Waals surface area (Å²) in [7, 11) is 0. The van der Waals surface area contributed by atoms with Crippen LogP contribution >= 0.6 is 0 Å². The number of piperidine rings is 1. The molecule has 6 nitrogen and oxygen atoms in total. The molecule has 2 N–H and O–H groups in total. The lowest BCUT2D eigenvalue weighted by Gasteiger charge is -2.22. The first kappa shape index (κ1) is 26.3. The average Bonchev–Trinajstić information content (AvgIpc) is 3.76. The standard InChI is InChI=1S/C32H33F2N5O/c1-20(36-31-27-18-39(32(19-33)13-14-32)29(40)17-28(27)37-21(2)38-31)22-3-5-23(6-4-22)30(25-11-15-35-16-12-25)24-7-9-26(34)10-8-24/h3-10,17-18,20,35H,11-16,19H2,1-2H3,(H,36,37,38)/t20-/m1/s1. The molecule has 0 unspecified atom stereocenters. The summed E-state index contributed by atoms with van der Waals surface area (Å²) in [5.74, 6) is 0.931. The normalized spacial score (nSPS) is 17.1. The average molecular weight is 542 g/mol. The lowest BCUT2D eigenvalue weighted by molar-refractivity contribution is 0.331. The predicted octanol–water partition coefficient (Wildman–Crippen LogP) is 6.06. The van der Waals surface area contributed by atoms with Gasteiger partial charge >= 0.3 is 0 Å². The van der Waals surface area contributed by atoms with Crippen LogP contribution in [0.1, 0.15) is 61.2 Å². The van der Waals surface area contributed by atoms with E-state index in [2.05, 4.69) is 51.8 Å². The number of pyridine rings is 1. The minimum Gasteiger partial charge on any atom is -0.363 e. The van der Waals surface area contributed by atoms with Gasteiger partial charge in [-0.2, -0.15) is 0 Å². The summed E-state index contributed by atoms with van der Waals surface area (Å²) in [5, 5.41) is 7.62. The van der Waals surface area contributed by atoms with E-state index in [1.165, 1.54) is 33.9 Å². The first-order valence-corrected chi connectivity index (χ1v) is 13.9. The van der Waals surface area contributed by atoms with Crippen molar-refractivity contribution >= 4 is 22.3 Å². The Bertz CT molecular complexity index is 1630. The molecule has 2 aromatic carbocycles. The molecule has 206 valence electrons. The van der Waals surface area contributed by atoms with Gasteiger partial charge in [0, 0.05) is 18.3 Å². The van der Waals surface area contributed by atoms with Crippen LogP contribution in [0, 0.1) is 12.7 Å². The maximum absolute atomic E-state index is 13.8. The molecule has 0 amide bonds. The van der Waals surface area contributed by atoms with Crippen LogP contribution in [-0.2, 0) is 5.54 Å². The number of alkyl halides is 1. The molecule has 1 aliphatic carbocycles. The third-order valence-corrected chi connectivity index (χ3v) is 8.18. The number of hydrogen-bond acceptors (Lipinski definition) is 5. The molecule has 0 radical (unpaired) electrons. The topological polar surface area (TPSA) is 71.8 Å². The number of fused-ring (bicyclic) bond motifs is 1. The van der Waals surface area contributed by atoms with E-state index in [0.29, 0.717) is 35.4 Å². The SMILES string of the molecule is Cc1nc(N[C@H](C)c2ccc(C(=C3CCNCC3)c3ccc(F)cc3)cc2)c2cn(C3(CF)CC3)c(=O)cc2n1. The highest BCUT2D eigenvalue weighted by atomic mass is 19.1. The van der Waals surface area contributed by atoms with Crippen molar-refractivity contribution in [2.24, 2.45) is 0 Å². The molecule has 2 aliphatic rings. The van der Waals surface area contributed by atoms with Crippen LogP contribution in [0.5, 0.6) is 0 Å². The molecule has 3 heterocycles. The molecule has 2 aromatic heterocycles. The number of nitrogens with one attached hydrogen (secondary N) is 2. The van der Waals surface area contributed by atoms with Gasteiger partial charge in [0.2, 0.25) is 0 Å². The Balaban J connectivity index is 1.32. The van der Waals surface area contributed by atoms with E-state index < -0.39 is 12.2 Å². The van der Waals surface area contributed by atoms with Gasteiger partial charge in [0.05, 0.1) is 16.4 Å². The fourth-order valence-electron chi connectivity index (χ4n) is 5.68. The summed E-state index contributed by atoms with van der Waals surface area (Å²) in [5.41, 5.74) is 5.31. The zero-order valence-corrected chi connectivity index (χ0v) is 22.8. The van der Waals surface area contributed by atoms with E-state index in [4.69, 9.17) is 0 Å². The number of aromatic nitrogens is 3. The number of halogens is 2. The molecule has 1 saturated heterocycles. The smallest absolute Gasteiger partial charge is 0.253 e. The van der Waals surface area contributed by atoms with Crippen molar-refractivity contribution in [1.82, 2.24) is 19.9 Å². The Morgan fingerprint density at radius 3 is 2.33 bits per heavy atom. The molecule has 6 rings (SSSR count). The third kappa shape index (κ3) is 5.04. The number of anilines is 1. The van der Waals surface area contributed by atoms with Crippen LogP contribution in [0.4, 0.5) is 14.6 Å². The fraction of sp³-hybridized carbons (Fsp3) is 0.344. The van der Waals surface area contributed by atoms with Crippen LogP contribution in [0.25, 0.3) is 16.5 Å². The molecule has 1 aliphatic heterocycles. The number of benzene rings is 2. The molecule has 0 bridgehead atoms. The highest BCUT2D eigenvalue weighted by Gasteiger charge is 2.45. The molecular formula is C32H33F2N5O. The number of nitrogens with zero attached hydrogens (tertiary/aromatic N) is 3.